The second-order valence-electron chi connectivity index (χ2n) is 6.92. The van der Waals surface area contributed by atoms with E-state index in [1.165, 1.54) is 41.5 Å². The molecular formula is C17H23N5O2S. The Morgan fingerprint density at radius 2 is 1.96 bits per heavy atom. The first-order chi connectivity index (χ1) is 12.2. The SMILES string of the molecule is O=C(Cn1cnc2nc(N3CCCCC3)sc2c1=O)NC1CCCC1. The summed E-state index contributed by atoms with van der Waals surface area (Å²) in [7, 11) is 0. The molecule has 25 heavy (non-hydrogen) atoms. The largest absolute Gasteiger partial charge is 0.352 e. The van der Waals surface area contributed by atoms with Crippen molar-refractivity contribution in [3.8, 4) is 0 Å². The van der Waals surface area contributed by atoms with Gasteiger partial charge in [0, 0.05) is 19.1 Å². The predicted octanol–water partition coefficient (Wildman–Crippen LogP) is 1.90. The number of amides is 1. The van der Waals surface area contributed by atoms with Crippen molar-refractivity contribution in [2.75, 3.05) is 18.0 Å². The standard InChI is InChI=1S/C17H23N5O2S/c23-13(19-12-6-2-3-7-12)10-22-11-18-15-14(16(22)24)25-17(20-15)21-8-4-1-5-9-21/h11-12H,1-10H2,(H,19,23). The van der Waals surface area contributed by atoms with Gasteiger partial charge in [-0.2, -0.15) is 4.98 Å². The van der Waals surface area contributed by atoms with Crippen LogP contribution in [0.4, 0.5) is 5.13 Å². The Labute approximate surface area is 150 Å². The van der Waals surface area contributed by atoms with Crippen LogP contribution in [0.25, 0.3) is 10.3 Å². The first kappa shape index (κ1) is 16.5. The van der Waals surface area contributed by atoms with Crippen molar-refractivity contribution in [3.05, 3.63) is 16.7 Å². The van der Waals surface area contributed by atoms with E-state index in [1.54, 1.807) is 0 Å². The van der Waals surface area contributed by atoms with Crippen LogP contribution in [0.5, 0.6) is 0 Å². The summed E-state index contributed by atoms with van der Waals surface area (Å²) in [5.41, 5.74) is 0.315. The third kappa shape index (κ3) is 3.53. The van der Waals surface area contributed by atoms with Crippen LogP contribution in [-0.2, 0) is 11.3 Å². The number of hydrogen-bond donors (Lipinski definition) is 1. The second-order valence-corrected chi connectivity index (χ2v) is 7.90. The highest BCUT2D eigenvalue weighted by Gasteiger charge is 2.20. The highest BCUT2D eigenvalue weighted by atomic mass is 32.1. The zero-order valence-corrected chi connectivity index (χ0v) is 15.1. The number of fused-ring (bicyclic) bond motifs is 1. The number of carbonyl (C=O) groups excluding carboxylic acids is 1. The minimum absolute atomic E-state index is 0.0230. The molecule has 134 valence electrons. The molecule has 0 spiro atoms. The maximum atomic E-state index is 12.7. The first-order valence-electron chi connectivity index (χ1n) is 9.11. The van der Waals surface area contributed by atoms with Gasteiger partial charge in [-0.15, -0.1) is 0 Å². The quantitative estimate of drug-likeness (QED) is 0.900. The van der Waals surface area contributed by atoms with E-state index in [4.69, 9.17) is 0 Å². The molecule has 3 heterocycles. The summed E-state index contributed by atoms with van der Waals surface area (Å²) in [6.07, 6.45) is 9.42. The third-order valence-electron chi connectivity index (χ3n) is 5.03. The molecule has 7 nitrogen and oxygen atoms in total. The van der Waals surface area contributed by atoms with Crippen molar-refractivity contribution in [2.45, 2.75) is 57.5 Å². The zero-order valence-electron chi connectivity index (χ0n) is 14.2. The molecule has 0 unspecified atom stereocenters. The highest BCUT2D eigenvalue weighted by Crippen LogP contribution is 2.27. The fourth-order valence-corrected chi connectivity index (χ4v) is 4.69. The molecule has 0 atom stereocenters. The Balaban J connectivity index is 1.52. The summed E-state index contributed by atoms with van der Waals surface area (Å²) < 4.78 is 1.93. The number of anilines is 1. The lowest BCUT2D eigenvalue weighted by atomic mass is 10.1. The summed E-state index contributed by atoms with van der Waals surface area (Å²) in [5.74, 6) is -0.115. The number of nitrogens with one attached hydrogen (secondary N) is 1. The average molecular weight is 361 g/mol. The topological polar surface area (TPSA) is 80.1 Å². The summed E-state index contributed by atoms with van der Waals surface area (Å²) in [6, 6.07) is 0.258. The van der Waals surface area contributed by atoms with Gasteiger partial charge in [0.05, 0.1) is 0 Å². The molecule has 8 heteroatoms. The van der Waals surface area contributed by atoms with Crippen LogP contribution < -0.4 is 15.8 Å². The lowest BCUT2D eigenvalue weighted by Crippen LogP contribution is -2.37. The van der Waals surface area contributed by atoms with Crippen molar-refractivity contribution in [1.29, 1.82) is 0 Å². The average Bonchev–Trinajstić information content (AvgIpc) is 3.28. The van der Waals surface area contributed by atoms with Gasteiger partial charge in [-0.25, -0.2) is 4.98 Å². The lowest BCUT2D eigenvalue weighted by molar-refractivity contribution is -0.122. The van der Waals surface area contributed by atoms with E-state index in [1.807, 2.05) is 0 Å². The molecule has 1 N–H and O–H groups in total. The molecule has 0 aromatic carbocycles. The van der Waals surface area contributed by atoms with Gasteiger partial charge in [-0.3, -0.25) is 14.2 Å². The van der Waals surface area contributed by atoms with Crippen molar-refractivity contribution in [2.24, 2.45) is 0 Å². The lowest BCUT2D eigenvalue weighted by Gasteiger charge is -2.25. The van der Waals surface area contributed by atoms with E-state index in [0.29, 0.717) is 10.3 Å². The van der Waals surface area contributed by atoms with E-state index >= 15 is 0 Å². The molecule has 2 aromatic heterocycles. The number of thiazole rings is 1. The minimum atomic E-state index is -0.174. The van der Waals surface area contributed by atoms with Gasteiger partial charge in [0.2, 0.25) is 5.91 Å². The summed E-state index contributed by atoms with van der Waals surface area (Å²) in [5, 5.41) is 3.88. The Hall–Kier alpha value is -1.96. The van der Waals surface area contributed by atoms with Crippen LogP contribution in [-0.4, -0.2) is 39.6 Å². The van der Waals surface area contributed by atoms with Crippen molar-refractivity contribution in [3.63, 3.8) is 0 Å². The van der Waals surface area contributed by atoms with Gasteiger partial charge in [0.25, 0.3) is 5.56 Å². The number of piperidine rings is 1. The van der Waals surface area contributed by atoms with Crippen LogP contribution in [0.1, 0.15) is 44.9 Å². The van der Waals surface area contributed by atoms with Crippen molar-refractivity contribution in [1.82, 2.24) is 19.9 Å². The van der Waals surface area contributed by atoms with Crippen molar-refractivity contribution >= 4 is 32.7 Å². The van der Waals surface area contributed by atoms with Gasteiger partial charge < -0.3 is 10.2 Å². The first-order valence-corrected chi connectivity index (χ1v) is 9.92. The monoisotopic (exact) mass is 361 g/mol. The van der Waals surface area contributed by atoms with Gasteiger partial charge in [-0.05, 0) is 32.1 Å². The van der Waals surface area contributed by atoms with Crippen LogP contribution in [0.15, 0.2) is 11.1 Å². The predicted molar refractivity (Wildman–Crippen MR) is 98.1 cm³/mol. The third-order valence-corrected chi connectivity index (χ3v) is 6.13. The van der Waals surface area contributed by atoms with E-state index in [-0.39, 0.29) is 24.1 Å². The molecule has 0 radical (unpaired) electrons. The summed E-state index contributed by atoms with van der Waals surface area (Å²) in [6.45, 7) is 1.99. The molecule has 0 bridgehead atoms. The molecule has 2 fully saturated rings. The van der Waals surface area contributed by atoms with Gasteiger partial charge in [0.1, 0.15) is 17.6 Å². The molecule has 1 amide bonds. The van der Waals surface area contributed by atoms with E-state index in [9.17, 15) is 9.59 Å². The molecule has 1 saturated heterocycles. The second kappa shape index (κ2) is 7.11. The number of rotatable bonds is 4. The minimum Gasteiger partial charge on any atom is -0.352 e. The summed E-state index contributed by atoms with van der Waals surface area (Å²) in [4.78, 5) is 35.9. The van der Waals surface area contributed by atoms with Crippen LogP contribution >= 0.6 is 11.3 Å². The Morgan fingerprint density at radius 1 is 1.20 bits per heavy atom. The van der Waals surface area contributed by atoms with Crippen molar-refractivity contribution < 1.29 is 4.79 Å². The van der Waals surface area contributed by atoms with E-state index in [2.05, 4.69) is 20.2 Å². The fourth-order valence-electron chi connectivity index (χ4n) is 3.67. The number of aromatic nitrogens is 3. The molecule has 2 aromatic rings. The van der Waals surface area contributed by atoms with Crippen LogP contribution in [0, 0.1) is 0 Å². The van der Waals surface area contributed by atoms with Gasteiger partial charge in [0.15, 0.2) is 10.8 Å². The van der Waals surface area contributed by atoms with Crippen LogP contribution in [0.2, 0.25) is 0 Å². The Morgan fingerprint density at radius 3 is 2.72 bits per heavy atom. The van der Waals surface area contributed by atoms with E-state index in [0.717, 1.165) is 43.9 Å². The molecule has 4 rings (SSSR count). The summed E-state index contributed by atoms with van der Waals surface area (Å²) >= 11 is 1.39. The fraction of sp³-hybridized carbons (Fsp3) is 0.647. The highest BCUT2D eigenvalue weighted by molar-refractivity contribution is 7.22. The Bertz CT molecular complexity index is 818. The number of nitrogens with zero attached hydrogens (tertiary/aromatic N) is 4. The van der Waals surface area contributed by atoms with E-state index < -0.39 is 0 Å². The normalized spacial score (nSPS) is 18.8. The van der Waals surface area contributed by atoms with Gasteiger partial charge >= 0.3 is 0 Å². The number of hydrogen-bond acceptors (Lipinski definition) is 6. The molecule has 2 aliphatic rings. The van der Waals surface area contributed by atoms with Crippen LogP contribution in [0.3, 0.4) is 0 Å². The zero-order chi connectivity index (χ0) is 17.2. The molecular weight excluding hydrogens is 338 g/mol. The van der Waals surface area contributed by atoms with Gasteiger partial charge in [-0.1, -0.05) is 24.2 Å². The smallest absolute Gasteiger partial charge is 0.273 e. The number of carbonyl (C=O) groups is 1. The maximum Gasteiger partial charge on any atom is 0.273 e. The Kier molecular flexibility index (Phi) is 4.70. The molecule has 1 saturated carbocycles. The maximum absolute atomic E-state index is 12.7. The molecule has 1 aliphatic heterocycles. The molecule has 1 aliphatic carbocycles.